The van der Waals surface area contributed by atoms with E-state index in [9.17, 15) is 4.79 Å². The van der Waals surface area contributed by atoms with E-state index < -0.39 is 0 Å². The van der Waals surface area contributed by atoms with Gasteiger partial charge in [-0.25, -0.2) is 9.97 Å². The van der Waals surface area contributed by atoms with E-state index in [1.54, 1.807) is 34.9 Å². The molecule has 1 N–H and O–H groups in total. The Morgan fingerprint density at radius 1 is 1.28 bits per heavy atom. The SMILES string of the molecule is Cc1nn(-c2ncccn2)c2c1[C@@H](c1cnn(C)c1C)SCC(=O)N2. The lowest BCUT2D eigenvalue weighted by Crippen LogP contribution is -2.16. The zero-order valence-corrected chi connectivity index (χ0v) is 14.9. The average molecular weight is 355 g/mol. The topological polar surface area (TPSA) is 90.5 Å². The van der Waals surface area contributed by atoms with Crippen LogP contribution in [0.2, 0.25) is 0 Å². The van der Waals surface area contributed by atoms with Gasteiger partial charge in [-0.2, -0.15) is 14.9 Å². The number of carbonyl (C=O) groups is 1. The summed E-state index contributed by atoms with van der Waals surface area (Å²) in [6, 6.07) is 1.74. The van der Waals surface area contributed by atoms with Crippen LogP contribution in [-0.2, 0) is 11.8 Å². The van der Waals surface area contributed by atoms with Gasteiger partial charge in [-0.05, 0) is 19.9 Å². The highest BCUT2D eigenvalue weighted by Gasteiger charge is 2.32. The first-order chi connectivity index (χ1) is 12.1. The van der Waals surface area contributed by atoms with E-state index in [4.69, 9.17) is 0 Å². The Morgan fingerprint density at radius 3 is 2.72 bits per heavy atom. The number of rotatable bonds is 2. The Bertz CT molecular complexity index is 947. The third-order valence-electron chi connectivity index (χ3n) is 4.31. The molecule has 4 heterocycles. The first-order valence-corrected chi connectivity index (χ1v) is 8.88. The molecule has 0 bridgehead atoms. The summed E-state index contributed by atoms with van der Waals surface area (Å²) in [5.74, 6) is 1.36. The second kappa shape index (κ2) is 5.99. The standard InChI is InChI=1S/C16H17N7OS/c1-9-13-14(11-7-19-22(3)10(11)2)25-8-12(24)20-15(13)23(21-9)16-17-5-4-6-18-16/h4-7,14H,8H2,1-3H3,(H,20,24)/t14-/m1/s1. The third kappa shape index (κ3) is 2.60. The lowest BCUT2D eigenvalue weighted by Gasteiger charge is -2.14. The number of fused-ring (bicyclic) bond motifs is 1. The molecule has 3 aromatic rings. The maximum absolute atomic E-state index is 12.3. The number of nitrogens with zero attached hydrogens (tertiary/aromatic N) is 6. The van der Waals surface area contributed by atoms with Crippen LogP contribution in [-0.4, -0.2) is 41.2 Å². The van der Waals surface area contributed by atoms with Gasteiger partial charge in [-0.1, -0.05) is 0 Å². The summed E-state index contributed by atoms with van der Waals surface area (Å²) in [4.78, 5) is 20.8. The second-order valence-electron chi connectivity index (χ2n) is 5.86. The number of amides is 1. The molecule has 1 aliphatic rings. The van der Waals surface area contributed by atoms with Crippen LogP contribution >= 0.6 is 11.8 Å². The highest BCUT2D eigenvalue weighted by atomic mass is 32.2. The number of anilines is 1. The van der Waals surface area contributed by atoms with Crippen molar-refractivity contribution in [2.24, 2.45) is 7.05 Å². The molecule has 0 spiro atoms. The third-order valence-corrected chi connectivity index (χ3v) is 5.56. The van der Waals surface area contributed by atoms with E-state index >= 15 is 0 Å². The lowest BCUT2D eigenvalue weighted by molar-refractivity contribution is -0.113. The fourth-order valence-electron chi connectivity index (χ4n) is 2.95. The van der Waals surface area contributed by atoms with Crippen LogP contribution in [0.3, 0.4) is 0 Å². The minimum Gasteiger partial charge on any atom is -0.309 e. The predicted molar refractivity (Wildman–Crippen MR) is 94.8 cm³/mol. The molecule has 0 aromatic carbocycles. The Hall–Kier alpha value is -2.68. The highest BCUT2D eigenvalue weighted by Crippen LogP contribution is 2.44. The average Bonchev–Trinajstić information content (AvgIpc) is 3.04. The summed E-state index contributed by atoms with van der Waals surface area (Å²) in [5, 5.41) is 11.9. The molecule has 1 amide bonds. The van der Waals surface area contributed by atoms with Gasteiger partial charge < -0.3 is 5.32 Å². The molecule has 128 valence electrons. The fourth-order valence-corrected chi connectivity index (χ4v) is 4.20. The van der Waals surface area contributed by atoms with Crippen molar-refractivity contribution in [3.05, 3.63) is 47.2 Å². The molecule has 1 aliphatic heterocycles. The van der Waals surface area contributed by atoms with Gasteiger partial charge in [0.25, 0.3) is 5.95 Å². The molecular formula is C16H17N7OS. The largest absolute Gasteiger partial charge is 0.309 e. The number of thioether (sulfide) groups is 1. The van der Waals surface area contributed by atoms with Crippen LogP contribution in [0.1, 0.15) is 27.8 Å². The van der Waals surface area contributed by atoms with Gasteiger partial charge in [0.2, 0.25) is 5.91 Å². The van der Waals surface area contributed by atoms with Crippen molar-refractivity contribution in [2.75, 3.05) is 11.1 Å². The van der Waals surface area contributed by atoms with Gasteiger partial charge >= 0.3 is 0 Å². The van der Waals surface area contributed by atoms with Crippen LogP contribution < -0.4 is 5.32 Å². The van der Waals surface area contributed by atoms with Crippen LogP contribution in [0.5, 0.6) is 0 Å². The molecule has 25 heavy (non-hydrogen) atoms. The van der Waals surface area contributed by atoms with Gasteiger partial charge in [0.05, 0.1) is 22.9 Å². The summed E-state index contributed by atoms with van der Waals surface area (Å²) in [6.07, 6.45) is 5.17. The van der Waals surface area contributed by atoms with E-state index in [2.05, 4.69) is 25.5 Å². The highest BCUT2D eigenvalue weighted by molar-refractivity contribution is 8.00. The van der Waals surface area contributed by atoms with Crippen molar-refractivity contribution in [1.29, 1.82) is 0 Å². The molecule has 3 aromatic heterocycles. The van der Waals surface area contributed by atoms with Crippen molar-refractivity contribution in [2.45, 2.75) is 19.1 Å². The minimum absolute atomic E-state index is 0.0277. The molecule has 1 atom stereocenters. The minimum atomic E-state index is -0.0626. The number of nitrogens with one attached hydrogen (secondary N) is 1. The number of hydrogen-bond donors (Lipinski definition) is 1. The molecule has 0 fully saturated rings. The van der Waals surface area contributed by atoms with E-state index in [1.807, 2.05) is 31.8 Å². The van der Waals surface area contributed by atoms with Gasteiger partial charge in [0.1, 0.15) is 5.82 Å². The molecule has 0 radical (unpaired) electrons. The maximum Gasteiger partial charge on any atom is 0.252 e. The van der Waals surface area contributed by atoms with Crippen molar-refractivity contribution in [1.82, 2.24) is 29.5 Å². The quantitative estimate of drug-likeness (QED) is 0.754. The molecule has 0 saturated carbocycles. The lowest BCUT2D eigenvalue weighted by atomic mass is 10.1. The second-order valence-corrected chi connectivity index (χ2v) is 6.95. The smallest absolute Gasteiger partial charge is 0.252 e. The molecule has 0 aliphatic carbocycles. The number of hydrogen-bond acceptors (Lipinski definition) is 6. The monoisotopic (exact) mass is 355 g/mol. The normalized spacial score (nSPS) is 17.1. The summed E-state index contributed by atoms with van der Waals surface area (Å²) in [7, 11) is 1.92. The molecule has 9 heteroatoms. The Labute approximate surface area is 148 Å². The zero-order chi connectivity index (χ0) is 17.6. The van der Waals surface area contributed by atoms with Crippen LogP contribution in [0.15, 0.2) is 24.7 Å². The Kier molecular flexibility index (Phi) is 3.79. The zero-order valence-electron chi connectivity index (χ0n) is 14.1. The van der Waals surface area contributed by atoms with E-state index in [1.165, 1.54) is 0 Å². The fraction of sp³-hybridized carbons (Fsp3) is 0.312. The first kappa shape index (κ1) is 15.8. The van der Waals surface area contributed by atoms with Gasteiger partial charge in [0.15, 0.2) is 0 Å². The summed E-state index contributed by atoms with van der Waals surface area (Å²) < 4.78 is 3.45. The van der Waals surface area contributed by atoms with Crippen molar-refractivity contribution < 1.29 is 4.79 Å². The number of aryl methyl sites for hydroxylation is 2. The molecule has 8 nitrogen and oxygen atoms in total. The van der Waals surface area contributed by atoms with Crippen molar-refractivity contribution in [3.63, 3.8) is 0 Å². The van der Waals surface area contributed by atoms with Crippen molar-refractivity contribution >= 4 is 23.5 Å². The van der Waals surface area contributed by atoms with E-state index in [0.29, 0.717) is 17.5 Å². The van der Waals surface area contributed by atoms with Crippen LogP contribution in [0.4, 0.5) is 5.82 Å². The summed E-state index contributed by atoms with van der Waals surface area (Å²) in [6.45, 7) is 3.97. The molecule has 4 rings (SSSR count). The van der Waals surface area contributed by atoms with Gasteiger partial charge in [-0.15, -0.1) is 11.8 Å². The Balaban J connectivity index is 1.92. The van der Waals surface area contributed by atoms with Gasteiger partial charge in [-0.3, -0.25) is 9.48 Å². The molecular weight excluding hydrogens is 338 g/mol. The molecule has 0 unspecified atom stereocenters. The number of carbonyl (C=O) groups excluding carboxylic acids is 1. The van der Waals surface area contributed by atoms with E-state index in [-0.39, 0.29) is 11.2 Å². The summed E-state index contributed by atoms with van der Waals surface area (Å²) in [5.41, 5.74) is 3.97. The van der Waals surface area contributed by atoms with Crippen LogP contribution in [0.25, 0.3) is 5.95 Å². The van der Waals surface area contributed by atoms with E-state index in [0.717, 1.165) is 22.5 Å². The van der Waals surface area contributed by atoms with Gasteiger partial charge in [0, 0.05) is 36.3 Å². The number of aromatic nitrogens is 6. The first-order valence-electron chi connectivity index (χ1n) is 7.83. The molecule has 0 saturated heterocycles. The van der Waals surface area contributed by atoms with Crippen LogP contribution in [0, 0.1) is 13.8 Å². The van der Waals surface area contributed by atoms with Crippen molar-refractivity contribution in [3.8, 4) is 5.95 Å². The maximum atomic E-state index is 12.3. The predicted octanol–water partition coefficient (Wildman–Crippen LogP) is 1.79. The summed E-state index contributed by atoms with van der Waals surface area (Å²) >= 11 is 1.58. The Morgan fingerprint density at radius 2 is 2.04 bits per heavy atom.